The third kappa shape index (κ3) is 3.21. The summed E-state index contributed by atoms with van der Waals surface area (Å²) in [6, 6.07) is 4.03. The van der Waals surface area contributed by atoms with Crippen LogP contribution in [0.25, 0.3) is 0 Å². The number of phenols is 2. The zero-order chi connectivity index (χ0) is 12.1. The Kier molecular flexibility index (Phi) is 3.78. The number of hydrogen-bond acceptors (Lipinski definition) is 5. The van der Waals surface area contributed by atoms with Gasteiger partial charge in [0.25, 0.3) is 0 Å². The Balaban J connectivity index is 2.62. The summed E-state index contributed by atoms with van der Waals surface area (Å²) >= 11 is 0. The predicted octanol–water partition coefficient (Wildman–Crippen LogP) is -1.09. The highest BCUT2D eigenvalue weighted by atomic mass is 16.3. The largest absolute Gasteiger partial charge is 0.504 e. The molecule has 16 heavy (non-hydrogen) atoms. The fraction of sp³-hybridized carbons (Fsp3) is 0.222. The lowest BCUT2D eigenvalue weighted by Gasteiger charge is -2.11. The Bertz CT molecular complexity index is 390. The van der Waals surface area contributed by atoms with Crippen LogP contribution in [0.5, 0.6) is 11.5 Å². The number of hydrazone groups is 1. The molecule has 0 radical (unpaired) electrons. The van der Waals surface area contributed by atoms with E-state index < -0.39 is 6.10 Å². The average Bonchev–Trinajstić information content (AvgIpc) is 2.21. The smallest absolute Gasteiger partial charge is 0.208 e. The van der Waals surface area contributed by atoms with Crippen molar-refractivity contribution in [2.45, 2.75) is 6.10 Å². The second-order valence-electron chi connectivity index (χ2n) is 3.16. The molecule has 0 spiro atoms. The minimum Gasteiger partial charge on any atom is -0.504 e. The zero-order valence-corrected chi connectivity index (χ0v) is 8.46. The van der Waals surface area contributed by atoms with Gasteiger partial charge < -0.3 is 32.2 Å². The molecular formula is C9H14N4O3. The Hall–Kier alpha value is -2.15. The summed E-state index contributed by atoms with van der Waals surface area (Å²) in [5, 5.41) is 31.4. The molecule has 0 aromatic heterocycles. The number of aliphatic hydroxyl groups excluding tert-OH is 1. The maximum absolute atomic E-state index is 9.64. The number of rotatable bonds is 4. The molecule has 0 saturated carbocycles. The summed E-state index contributed by atoms with van der Waals surface area (Å²) in [6.07, 6.45) is -0.894. The molecule has 0 fully saturated rings. The lowest BCUT2D eigenvalue weighted by molar-refractivity contribution is 0.175. The highest BCUT2D eigenvalue weighted by Crippen LogP contribution is 2.27. The number of aromatic hydroxyl groups is 2. The van der Waals surface area contributed by atoms with Crippen LogP contribution in [0, 0.1) is 0 Å². The van der Waals surface area contributed by atoms with E-state index in [0.717, 1.165) is 0 Å². The van der Waals surface area contributed by atoms with Gasteiger partial charge in [0.05, 0.1) is 12.6 Å². The molecule has 1 aromatic carbocycles. The van der Waals surface area contributed by atoms with Crippen molar-refractivity contribution in [3.8, 4) is 11.5 Å². The maximum atomic E-state index is 9.64. The summed E-state index contributed by atoms with van der Waals surface area (Å²) < 4.78 is 0. The molecule has 0 bridgehead atoms. The first-order valence-electron chi connectivity index (χ1n) is 4.52. The number of aliphatic hydroxyl groups is 1. The monoisotopic (exact) mass is 224 g/mol. The first kappa shape index (κ1) is 11.9. The standard InChI is InChI=1S/C9H14N4O3/c10-9(11)13-12-4-8(16)5-1-2-6(14)7(15)3-5/h1-3,8,12,14-16H,4H2,(H4,10,11,13)/i4-1,8-1. The Labute approximate surface area is 92.0 Å². The van der Waals surface area contributed by atoms with Gasteiger partial charge in [0.1, 0.15) is 0 Å². The SMILES string of the molecule is NC(N)=NN[11CH2][11CH](O)c1ccc(O)c(O)c1. The highest BCUT2D eigenvalue weighted by Gasteiger charge is 2.09. The topological polar surface area (TPSA) is 137 Å². The van der Waals surface area contributed by atoms with Crippen LogP contribution in [-0.2, 0) is 0 Å². The summed E-state index contributed by atoms with van der Waals surface area (Å²) in [7, 11) is 0. The number of nitrogens with zero attached hydrogens (tertiary/aromatic N) is 1. The van der Waals surface area contributed by atoms with Crippen LogP contribution in [0.1, 0.15) is 11.7 Å². The van der Waals surface area contributed by atoms with Gasteiger partial charge in [0, 0.05) is 0 Å². The molecular weight excluding hydrogens is 210 g/mol. The van der Waals surface area contributed by atoms with Crippen molar-refractivity contribution in [1.82, 2.24) is 5.43 Å². The minimum atomic E-state index is -0.894. The second kappa shape index (κ2) is 5.08. The second-order valence-corrected chi connectivity index (χ2v) is 3.16. The van der Waals surface area contributed by atoms with Gasteiger partial charge in [-0.15, -0.1) is 5.10 Å². The van der Waals surface area contributed by atoms with E-state index >= 15 is 0 Å². The van der Waals surface area contributed by atoms with E-state index in [1.54, 1.807) is 0 Å². The van der Waals surface area contributed by atoms with E-state index in [9.17, 15) is 10.2 Å². The maximum Gasteiger partial charge on any atom is 0.208 e. The van der Waals surface area contributed by atoms with Crippen molar-refractivity contribution < 1.29 is 15.3 Å². The molecule has 0 heterocycles. The number of hydrogen-bond donors (Lipinski definition) is 6. The Morgan fingerprint density at radius 1 is 1.31 bits per heavy atom. The quantitative estimate of drug-likeness (QED) is 0.166. The van der Waals surface area contributed by atoms with Crippen molar-refractivity contribution in [2.75, 3.05) is 6.54 Å². The predicted molar refractivity (Wildman–Crippen MR) is 58.5 cm³/mol. The minimum absolute atomic E-state index is 0.0854. The van der Waals surface area contributed by atoms with Crippen molar-refractivity contribution in [1.29, 1.82) is 0 Å². The molecule has 0 aliphatic rings. The number of benzene rings is 1. The van der Waals surface area contributed by atoms with E-state index in [1.165, 1.54) is 18.2 Å². The number of nitrogens with two attached hydrogens (primary N) is 2. The van der Waals surface area contributed by atoms with Gasteiger partial charge in [-0.25, -0.2) is 0 Å². The van der Waals surface area contributed by atoms with Crippen LogP contribution in [0.3, 0.4) is 0 Å². The van der Waals surface area contributed by atoms with Crippen molar-refractivity contribution in [2.24, 2.45) is 16.6 Å². The molecule has 0 saturated heterocycles. The van der Waals surface area contributed by atoms with Crippen molar-refractivity contribution in [3.05, 3.63) is 23.8 Å². The van der Waals surface area contributed by atoms with Gasteiger partial charge in [0.15, 0.2) is 11.5 Å². The molecule has 0 aliphatic carbocycles. The normalized spacial score (nSPS) is 11.8. The lowest BCUT2D eigenvalue weighted by atomic mass is 9.52. The molecule has 0 aliphatic heterocycles. The van der Waals surface area contributed by atoms with Crippen LogP contribution in [0.15, 0.2) is 23.3 Å². The van der Waals surface area contributed by atoms with E-state index in [2.05, 4.69) is 10.5 Å². The third-order valence-corrected chi connectivity index (χ3v) is 1.88. The van der Waals surface area contributed by atoms with E-state index in [-0.39, 0.29) is 24.0 Å². The fourth-order valence-corrected chi connectivity index (χ4v) is 1.09. The van der Waals surface area contributed by atoms with Gasteiger partial charge in [-0.1, -0.05) is 6.07 Å². The Morgan fingerprint density at radius 2 is 2.00 bits per heavy atom. The number of phenolic OH excluding ortho intramolecular Hbond substituents is 2. The molecule has 7 nitrogen and oxygen atoms in total. The van der Waals surface area contributed by atoms with E-state index in [0.29, 0.717) is 5.56 Å². The van der Waals surface area contributed by atoms with Crippen LogP contribution in [-0.4, -0.2) is 27.8 Å². The Morgan fingerprint density at radius 3 is 2.56 bits per heavy atom. The van der Waals surface area contributed by atoms with Gasteiger partial charge in [-0.3, -0.25) is 0 Å². The van der Waals surface area contributed by atoms with Gasteiger partial charge in [-0.05, 0) is 17.7 Å². The van der Waals surface area contributed by atoms with Crippen LogP contribution in [0.2, 0.25) is 0 Å². The zero-order valence-electron chi connectivity index (χ0n) is 8.46. The molecule has 88 valence electrons. The summed E-state index contributed by atoms with van der Waals surface area (Å²) in [5.41, 5.74) is 13.0. The molecule has 1 aromatic rings. The lowest BCUT2D eigenvalue weighted by Crippen LogP contribution is -2.28. The summed E-state index contributed by atoms with van der Waals surface area (Å²) in [6.45, 7) is 0.0854. The molecule has 1 atom stereocenters. The third-order valence-electron chi connectivity index (χ3n) is 1.88. The average molecular weight is 224 g/mol. The summed E-state index contributed by atoms with van der Waals surface area (Å²) in [4.78, 5) is 0. The van der Waals surface area contributed by atoms with Crippen LogP contribution >= 0.6 is 0 Å². The van der Waals surface area contributed by atoms with Gasteiger partial charge >= 0.3 is 0 Å². The molecule has 1 unspecified atom stereocenters. The summed E-state index contributed by atoms with van der Waals surface area (Å²) in [5.74, 6) is -0.674. The van der Waals surface area contributed by atoms with E-state index in [4.69, 9.17) is 16.6 Å². The van der Waals surface area contributed by atoms with Crippen molar-refractivity contribution in [3.63, 3.8) is 0 Å². The first-order chi connectivity index (χ1) is 7.50. The molecule has 1 rings (SSSR count). The van der Waals surface area contributed by atoms with Crippen LogP contribution in [0.4, 0.5) is 0 Å². The molecule has 0 amide bonds. The molecule has 8 N–H and O–H groups in total. The van der Waals surface area contributed by atoms with Gasteiger partial charge in [-0.2, -0.15) is 0 Å². The van der Waals surface area contributed by atoms with Crippen LogP contribution < -0.4 is 16.9 Å². The van der Waals surface area contributed by atoms with E-state index in [1.807, 2.05) is 0 Å². The fourth-order valence-electron chi connectivity index (χ4n) is 1.09. The van der Waals surface area contributed by atoms with Crippen molar-refractivity contribution >= 4 is 5.96 Å². The highest BCUT2D eigenvalue weighted by molar-refractivity contribution is 5.75. The number of nitrogens with one attached hydrogen (secondary N) is 1. The first-order valence-corrected chi connectivity index (χ1v) is 4.52. The molecule has 7 heteroatoms. The van der Waals surface area contributed by atoms with Gasteiger partial charge in [0.2, 0.25) is 5.96 Å². The number of guanidine groups is 1.